The first-order valence-corrected chi connectivity index (χ1v) is 3.29. The van der Waals surface area contributed by atoms with E-state index in [0.717, 1.165) is 0 Å². The first-order chi connectivity index (χ1) is 5.31. The summed E-state index contributed by atoms with van der Waals surface area (Å²) in [5, 5.41) is 3.44. The Morgan fingerprint density at radius 2 is 2.36 bits per heavy atom. The molecule has 0 spiro atoms. The number of hydrazone groups is 1. The van der Waals surface area contributed by atoms with Crippen LogP contribution in [0.15, 0.2) is 17.4 Å². The zero-order chi connectivity index (χ0) is 8.53. The van der Waals surface area contributed by atoms with Gasteiger partial charge in [-0.25, -0.2) is 0 Å². The van der Waals surface area contributed by atoms with Gasteiger partial charge in [-0.05, 0) is 0 Å². The normalized spacial score (nSPS) is 8.82. The highest BCUT2D eigenvalue weighted by atomic mass is 16.5. The smallest absolute Gasteiger partial charge is 0.114 e. The standard InChI is InChI=1S/C7H14N2O2/c1-7(10-3)6-11-5-4-9-8-2/h9H,1-2,4-6H2,3H3. The van der Waals surface area contributed by atoms with Crippen molar-refractivity contribution in [3.8, 4) is 0 Å². The van der Waals surface area contributed by atoms with Crippen LogP contribution in [0.2, 0.25) is 0 Å². The quantitative estimate of drug-likeness (QED) is 0.252. The largest absolute Gasteiger partial charge is 0.499 e. The zero-order valence-electron chi connectivity index (χ0n) is 6.80. The molecule has 0 saturated carbocycles. The number of hydrogen-bond donors (Lipinski definition) is 1. The Morgan fingerprint density at radius 1 is 1.64 bits per heavy atom. The van der Waals surface area contributed by atoms with Gasteiger partial charge in [-0.3, -0.25) is 0 Å². The van der Waals surface area contributed by atoms with Crippen molar-refractivity contribution < 1.29 is 9.47 Å². The van der Waals surface area contributed by atoms with Gasteiger partial charge in [0.2, 0.25) is 0 Å². The van der Waals surface area contributed by atoms with Crippen LogP contribution < -0.4 is 5.43 Å². The van der Waals surface area contributed by atoms with E-state index >= 15 is 0 Å². The molecule has 0 bridgehead atoms. The van der Waals surface area contributed by atoms with Crippen LogP contribution >= 0.6 is 0 Å². The molecule has 0 aromatic carbocycles. The average molecular weight is 158 g/mol. The van der Waals surface area contributed by atoms with E-state index in [2.05, 4.69) is 23.8 Å². The molecule has 0 aliphatic heterocycles. The lowest BCUT2D eigenvalue weighted by Crippen LogP contribution is -2.14. The monoisotopic (exact) mass is 158 g/mol. The number of nitrogens with one attached hydrogen (secondary N) is 1. The van der Waals surface area contributed by atoms with Gasteiger partial charge in [0.05, 0.1) is 20.3 Å². The maximum atomic E-state index is 5.11. The molecule has 0 amide bonds. The molecule has 1 N–H and O–H groups in total. The second-order valence-electron chi connectivity index (χ2n) is 1.86. The highest BCUT2D eigenvalue weighted by Gasteiger charge is 1.90. The first-order valence-electron chi connectivity index (χ1n) is 3.29. The van der Waals surface area contributed by atoms with Gasteiger partial charge in [0, 0.05) is 6.72 Å². The molecule has 0 atom stereocenters. The van der Waals surface area contributed by atoms with E-state index in [1.165, 1.54) is 0 Å². The highest BCUT2D eigenvalue weighted by Crippen LogP contribution is 1.89. The van der Waals surface area contributed by atoms with Crippen LogP contribution in [0.1, 0.15) is 0 Å². The number of methoxy groups -OCH3 is 1. The molecule has 0 heterocycles. The maximum Gasteiger partial charge on any atom is 0.114 e. The summed E-state index contributed by atoms with van der Waals surface area (Å²) in [6.45, 7) is 8.49. The van der Waals surface area contributed by atoms with E-state index in [4.69, 9.17) is 9.47 Å². The first kappa shape index (κ1) is 9.97. The highest BCUT2D eigenvalue weighted by molar-refractivity contribution is 5.22. The van der Waals surface area contributed by atoms with Crippen LogP contribution in [0.4, 0.5) is 0 Å². The summed E-state index contributed by atoms with van der Waals surface area (Å²) in [5.74, 6) is 0.622. The molecule has 0 aromatic heterocycles. The Balaban J connectivity index is 3.01. The Morgan fingerprint density at radius 3 is 2.91 bits per heavy atom. The van der Waals surface area contributed by atoms with Crippen LogP contribution in [0, 0.1) is 0 Å². The lowest BCUT2D eigenvalue weighted by atomic mass is 10.6. The van der Waals surface area contributed by atoms with Crippen molar-refractivity contribution in [2.24, 2.45) is 5.10 Å². The van der Waals surface area contributed by atoms with Gasteiger partial charge < -0.3 is 14.9 Å². The summed E-state index contributed by atoms with van der Waals surface area (Å²) in [6, 6.07) is 0. The number of ether oxygens (including phenoxy) is 2. The number of hydrogen-bond acceptors (Lipinski definition) is 4. The molecule has 0 saturated heterocycles. The molecule has 0 fully saturated rings. The topological polar surface area (TPSA) is 42.9 Å². The van der Waals surface area contributed by atoms with Crippen molar-refractivity contribution >= 4 is 6.72 Å². The minimum Gasteiger partial charge on any atom is -0.499 e. The van der Waals surface area contributed by atoms with Crippen molar-refractivity contribution in [3.05, 3.63) is 12.3 Å². The van der Waals surface area contributed by atoms with Crippen molar-refractivity contribution in [2.75, 3.05) is 26.9 Å². The fourth-order valence-electron chi connectivity index (χ4n) is 0.442. The van der Waals surface area contributed by atoms with E-state index < -0.39 is 0 Å². The Labute approximate surface area is 66.9 Å². The summed E-state index contributed by atoms with van der Waals surface area (Å²) in [5.41, 5.74) is 2.66. The van der Waals surface area contributed by atoms with Crippen LogP contribution in [0.25, 0.3) is 0 Å². The van der Waals surface area contributed by atoms with Crippen LogP contribution in [-0.2, 0) is 9.47 Å². The second-order valence-corrected chi connectivity index (χ2v) is 1.86. The van der Waals surface area contributed by atoms with E-state index in [1.54, 1.807) is 7.11 Å². The third-order valence-corrected chi connectivity index (χ3v) is 1.02. The Bertz CT molecular complexity index is 126. The minimum absolute atomic E-state index is 0.426. The Kier molecular flexibility index (Phi) is 6.42. The minimum atomic E-state index is 0.426. The number of rotatable bonds is 7. The van der Waals surface area contributed by atoms with Crippen LogP contribution in [-0.4, -0.2) is 33.6 Å². The zero-order valence-corrected chi connectivity index (χ0v) is 6.80. The van der Waals surface area contributed by atoms with Crippen molar-refractivity contribution in [1.82, 2.24) is 5.43 Å². The average Bonchev–Trinajstić information content (AvgIpc) is 2.04. The van der Waals surface area contributed by atoms with Crippen molar-refractivity contribution in [2.45, 2.75) is 0 Å². The summed E-state index contributed by atoms with van der Waals surface area (Å²) in [7, 11) is 1.56. The molecule has 0 radical (unpaired) electrons. The van der Waals surface area contributed by atoms with Gasteiger partial charge in [0.25, 0.3) is 0 Å². The molecule has 4 nitrogen and oxygen atoms in total. The van der Waals surface area contributed by atoms with E-state index in [9.17, 15) is 0 Å². The molecule has 11 heavy (non-hydrogen) atoms. The molecule has 64 valence electrons. The maximum absolute atomic E-state index is 5.11. The summed E-state index contributed by atoms with van der Waals surface area (Å²) >= 11 is 0. The third kappa shape index (κ3) is 6.86. The van der Waals surface area contributed by atoms with Gasteiger partial charge in [0.15, 0.2) is 0 Å². The SMILES string of the molecule is C=NNCCOCC(=C)OC. The van der Waals surface area contributed by atoms with Gasteiger partial charge in [-0.15, -0.1) is 0 Å². The summed E-state index contributed by atoms with van der Waals surface area (Å²) in [6.07, 6.45) is 0. The van der Waals surface area contributed by atoms with Crippen molar-refractivity contribution in [3.63, 3.8) is 0 Å². The molecular formula is C7H14N2O2. The van der Waals surface area contributed by atoms with Gasteiger partial charge >= 0.3 is 0 Å². The second kappa shape index (κ2) is 7.08. The molecular weight excluding hydrogens is 144 g/mol. The van der Waals surface area contributed by atoms with E-state index in [-0.39, 0.29) is 0 Å². The van der Waals surface area contributed by atoms with Gasteiger partial charge in [-0.2, -0.15) is 5.10 Å². The molecule has 0 unspecified atom stereocenters. The lowest BCUT2D eigenvalue weighted by molar-refractivity contribution is 0.117. The van der Waals surface area contributed by atoms with Crippen molar-refractivity contribution in [1.29, 1.82) is 0 Å². The Hall–Kier alpha value is -1.03. The fourth-order valence-corrected chi connectivity index (χ4v) is 0.442. The predicted molar refractivity (Wildman–Crippen MR) is 44.5 cm³/mol. The van der Waals surface area contributed by atoms with Crippen LogP contribution in [0.3, 0.4) is 0 Å². The van der Waals surface area contributed by atoms with E-state index in [1.807, 2.05) is 0 Å². The molecule has 0 aliphatic carbocycles. The van der Waals surface area contributed by atoms with Gasteiger partial charge in [-0.1, -0.05) is 6.58 Å². The van der Waals surface area contributed by atoms with E-state index in [0.29, 0.717) is 25.5 Å². The number of nitrogens with zero attached hydrogens (tertiary/aromatic N) is 1. The summed E-state index contributed by atoms with van der Waals surface area (Å²) < 4.78 is 9.89. The molecule has 0 aromatic rings. The molecule has 4 heteroatoms. The molecule has 0 rings (SSSR count). The molecule has 0 aliphatic rings. The van der Waals surface area contributed by atoms with Gasteiger partial charge in [0.1, 0.15) is 12.4 Å². The summed E-state index contributed by atoms with van der Waals surface area (Å²) in [4.78, 5) is 0. The predicted octanol–water partition coefficient (Wildman–Crippen LogP) is 0.368. The third-order valence-electron chi connectivity index (χ3n) is 1.02. The van der Waals surface area contributed by atoms with Crippen LogP contribution in [0.5, 0.6) is 0 Å². The lowest BCUT2D eigenvalue weighted by Gasteiger charge is -2.04. The fraction of sp³-hybridized carbons (Fsp3) is 0.571.